The van der Waals surface area contributed by atoms with Crippen LogP contribution in [-0.4, -0.2) is 51.4 Å². The third kappa shape index (κ3) is 5.40. The predicted molar refractivity (Wildman–Crippen MR) is 122 cm³/mol. The number of carbonyl (C=O) groups excluding carboxylic acids is 2. The zero-order valence-electron chi connectivity index (χ0n) is 17.8. The summed E-state index contributed by atoms with van der Waals surface area (Å²) in [5, 5.41) is 8.21. The lowest BCUT2D eigenvalue weighted by Gasteiger charge is -2.31. The van der Waals surface area contributed by atoms with Crippen LogP contribution in [0.15, 0.2) is 41.3 Å². The zero-order chi connectivity index (χ0) is 23.6. The summed E-state index contributed by atoms with van der Waals surface area (Å²) in [6.07, 6.45) is 1.75. The normalized spacial score (nSPS) is 16.7. The number of hydrogen-bond donors (Lipinski definition) is 2. The Morgan fingerprint density at radius 1 is 1.06 bits per heavy atom. The van der Waals surface area contributed by atoms with Crippen LogP contribution in [0.5, 0.6) is 11.5 Å². The molecule has 0 saturated carbocycles. The van der Waals surface area contributed by atoms with E-state index >= 15 is 0 Å². The van der Waals surface area contributed by atoms with Crippen LogP contribution in [0.2, 0.25) is 5.02 Å². The van der Waals surface area contributed by atoms with E-state index in [4.69, 9.17) is 26.2 Å². The molecule has 4 rings (SSSR count). The lowest BCUT2D eigenvalue weighted by Crippen LogP contribution is -2.41. The Bertz CT molecular complexity index is 1160. The number of nitrogens with two attached hydrogens (primary N) is 1. The molecule has 11 heteroatoms. The zero-order valence-corrected chi connectivity index (χ0v) is 19.3. The topological polar surface area (TPSA) is 128 Å². The highest BCUT2D eigenvalue weighted by molar-refractivity contribution is 7.89. The number of sulfonamides is 1. The van der Waals surface area contributed by atoms with Crippen LogP contribution in [-0.2, 0) is 14.8 Å². The van der Waals surface area contributed by atoms with Gasteiger partial charge < -0.3 is 19.7 Å². The van der Waals surface area contributed by atoms with E-state index in [1.165, 1.54) is 24.3 Å². The van der Waals surface area contributed by atoms with Gasteiger partial charge in [0.1, 0.15) is 0 Å². The number of fused-ring (bicyclic) bond motifs is 1. The van der Waals surface area contributed by atoms with Crippen molar-refractivity contribution in [3.05, 3.63) is 47.0 Å². The highest BCUT2D eigenvalue weighted by Crippen LogP contribution is 2.38. The number of carbonyl (C=O) groups is 2. The largest absolute Gasteiger partial charge is 0.489 e. The van der Waals surface area contributed by atoms with Gasteiger partial charge in [-0.15, -0.1) is 0 Å². The van der Waals surface area contributed by atoms with E-state index < -0.39 is 10.0 Å². The summed E-state index contributed by atoms with van der Waals surface area (Å²) in [5.41, 5.74) is 0.898. The molecule has 0 spiro atoms. The summed E-state index contributed by atoms with van der Waals surface area (Å²) in [5.74, 6) is 0.303. The van der Waals surface area contributed by atoms with Crippen molar-refractivity contribution in [1.82, 2.24) is 4.90 Å². The summed E-state index contributed by atoms with van der Waals surface area (Å²) >= 11 is 6.31. The van der Waals surface area contributed by atoms with E-state index in [2.05, 4.69) is 5.32 Å². The first-order valence-corrected chi connectivity index (χ1v) is 12.5. The monoisotopic (exact) mass is 493 g/mol. The molecule has 0 radical (unpaired) electrons. The third-order valence-corrected chi connectivity index (χ3v) is 6.86. The lowest BCUT2D eigenvalue weighted by atomic mass is 9.95. The van der Waals surface area contributed by atoms with Crippen molar-refractivity contribution >= 4 is 39.1 Å². The first-order valence-electron chi connectivity index (χ1n) is 10.5. The van der Waals surface area contributed by atoms with E-state index in [0.29, 0.717) is 66.9 Å². The molecular weight excluding hydrogens is 470 g/mol. The van der Waals surface area contributed by atoms with Crippen LogP contribution in [0.1, 0.15) is 29.6 Å². The Morgan fingerprint density at radius 3 is 2.39 bits per heavy atom. The van der Waals surface area contributed by atoms with Gasteiger partial charge in [-0.3, -0.25) is 9.59 Å². The maximum Gasteiger partial charge on any atom is 0.254 e. The van der Waals surface area contributed by atoms with Crippen molar-refractivity contribution < 1.29 is 27.5 Å². The number of nitrogens with one attached hydrogen (secondary N) is 1. The fourth-order valence-electron chi connectivity index (χ4n) is 3.85. The smallest absolute Gasteiger partial charge is 0.254 e. The second-order valence-electron chi connectivity index (χ2n) is 7.96. The number of primary sulfonamides is 1. The first kappa shape index (κ1) is 23.3. The maximum absolute atomic E-state index is 13.0. The molecule has 2 aromatic rings. The highest BCUT2D eigenvalue weighted by atomic mass is 35.5. The second-order valence-corrected chi connectivity index (χ2v) is 9.93. The SMILES string of the molecule is NS(=O)(=O)c1ccc(NC(=O)C2CCN(C(=O)c3cc(Cl)c4c(c3)OCCCO4)CC2)cc1. The van der Waals surface area contributed by atoms with Crippen molar-refractivity contribution in [3.8, 4) is 11.5 Å². The molecule has 0 aromatic heterocycles. The molecule has 2 amide bonds. The summed E-state index contributed by atoms with van der Waals surface area (Å²) < 4.78 is 34.0. The van der Waals surface area contributed by atoms with Gasteiger partial charge in [-0.2, -0.15) is 0 Å². The number of amides is 2. The fraction of sp³-hybridized carbons (Fsp3) is 0.364. The van der Waals surface area contributed by atoms with E-state index in [-0.39, 0.29) is 22.6 Å². The van der Waals surface area contributed by atoms with Crippen molar-refractivity contribution in [3.63, 3.8) is 0 Å². The number of hydrogen-bond acceptors (Lipinski definition) is 6. The first-order chi connectivity index (χ1) is 15.7. The Morgan fingerprint density at radius 2 is 1.73 bits per heavy atom. The molecule has 9 nitrogen and oxygen atoms in total. The lowest BCUT2D eigenvalue weighted by molar-refractivity contribution is -0.121. The van der Waals surface area contributed by atoms with E-state index in [9.17, 15) is 18.0 Å². The molecule has 176 valence electrons. The van der Waals surface area contributed by atoms with Gasteiger partial charge in [0, 0.05) is 36.7 Å². The summed E-state index contributed by atoms with van der Waals surface area (Å²) in [6.45, 7) is 1.85. The Labute approximate surface area is 196 Å². The van der Waals surface area contributed by atoms with Crippen molar-refractivity contribution in [1.29, 1.82) is 0 Å². The summed E-state index contributed by atoms with van der Waals surface area (Å²) in [6, 6.07) is 8.90. The third-order valence-electron chi connectivity index (χ3n) is 5.65. The molecular formula is C22H24ClN3O6S. The van der Waals surface area contributed by atoms with Crippen molar-refractivity contribution in [2.24, 2.45) is 11.1 Å². The van der Waals surface area contributed by atoms with E-state index in [1.807, 2.05) is 0 Å². The van der Waals surface area contributed by atoms with Gasteiger partial charge >= 0.3 is 0 Å². The van der Waals surface area contributed by atoms with Crippen LogP contribution >= 0.6 is 11.6 Å². The number of benzene rings is 2. The Kier molecular flexibility index (Phi) is 6.78. The molecule has 1 fully saturated rings. The number of nitrogens with zero attached hydrogens (tertiary/aromatic N) is 1. The molecule has 3 N–H and O–H groups in total. The molecule has 2 aliphatic rings. The van der Waals surface area contributed by atoms with Gasteiger partial charge in [0.15, 0.2) is 11.5 Å². The molecule has 33 heavy (non-hydrogen) atoms. The van der Waals surface area contributed by atoms with Crippen LogP contribution in [0.3, 0.4) is 0 Å². The average molecular weight is 494 g/mol. The van der Waals surface area contributed by atoms with Gasteiger partial charge in [0.25, 0.3) is 5.91 Å². The Hall–Kier alpha value is -2.82. The van der Waals surface area contributed by atoms with E-state index in [0.717, 1.165) is 6.42 Å². The number of ether oxygens (including phenoxy) is 2. The number of likely N-dealkylation sites (tertiary alicyclic amines) is 1. The van der Waals surface area contributed by atoms with Gasteiger partial charge in [0.05, 0.1) is 23.1 Å². The summed E-state index contributed by atoms with van der Waals surface area (Å²) in [4.78, 5) is 27.3. The van der Waals surface area contributed by atoms with E-state index in [1.54, 1.807) is 17.0 Å². The van der Waals surface area contributed by atoms with Crippen molar-refractivity contribution in [2.75, 3.05) is 31.6 Å². The van der Waals surface area contributed by atoms with Gasteiger partial charge in [-0.25, -0.2) is 13.6 Å². The molecule has 1 saturated heterocycles. The molecule has 2 heterocycles. The van der Waals surface area contributed by atoms with Crippen LogP contribution in [0.4, 0.5) is 5.69 Å². The number of piperidine rings is 1. The number of anilines is 1. The molecule has 2 aromatic carbocycles. The minimum atomic E-state index is -3.79. The second kappa shape index (κ2) is 9.58. The Balaban J connectivity index is 1.35. The van der Waals surface area contributed by atoms with Crippen molar-refractivity contribution in [2.45, 2.75) is 24.2 Å². The molecule has 0 unspecified atom stereocenters. The number of halogens is 1. The van der Waals surface area contributed by atoms with Crippen LogP contribution < -0.4 is 19.9 Å². The minimum Gasteiger partial charge on any atom is -0.489 e. The van der Waals surface area contributed by atoms with Gasteiger partial charge in [-0.1, -0.05) is 11.6 Å². The predicted octanol–water partition coefficient (Wildman–Crippen LogP) is 2.64. The molecule has 2 aliphatic heterocycles. The van der Waals surface area contributed by atoms with Gasteiger partial charge in [-0.05, 0) is 49.2 Å². The van der Waals surface area contributed by atoms with Gasteiger partial charge in [0.2, 0.25) is 15.9 Å². The number of rotatable bonds is 4. The fourth-order valence-corrected chi connectivity index (χ4v) is 4.63. The average Bonchev–Trinajstić information content (AvgIpc) is 3.04. The standard InChI is InChI=1S/C22H24ClN3O6S/c23-18-12-15(13-19-20(18)32-11-1-10-31-19)22(28)26-8-6-14(7-9-26)21(27)25-16-2-4-17(5-3-16)33(24,29)30/h2-5,12-14H,1,6-11H2,(H,25,27)(H2,24,29,30). The molecule has 0 bridgehead atoms. The maximum atomic E-state index is 13.0. The quantitative estimate of drug-likeness (QED) is 0.673. The molecule has 0 atom stereocenters. The van der Waals surface area contributed by atoms with Crippen LogP contribution in [0.25, 0.3) is 0 Å². The summed E-state index contributed by atoms with van der Waals surface area (Å²) in [7, 11) is -3.79. The highest BCUT2D eigenvalue weighted by Gasteiger charge is 2.29. The minimum absolute atomic E-state index is 0.0258. The van der Waals surface area contributed by atoms with Crippen LogP contribution in [0, 0.1) is 5.92 Å². The molecule has 0 aliphatic carbocycles.